The maximum atomic E-state index is 4.14. The van der Waals surface area contributed by atoms with Crippen LogP contribution in [0.5, 0.6) is 0 Å². The summed E-state index contributed by atoms with van der Waals surface area (Å²) >= 11 is 0. The first kappa shape index (κ1) is 24.5. The minimum atomic E-state index is 0.978. The third-order valence-corrected chi connectivity index (χ3v) is 4.66. The van der Waals surface area contributed by atoms with Gasteiger partial charge in [0.2, 0.25) is 0 Å². The molecule has 148 valence electrons. The average Bonchev–Trinajstić information content (AvgIpc) is 2.62. The van der Waals surface area contributed by atoms with E-state index in [0.717, 1.165) is 25.1 Å². The van der Waals surface area contributed by atoms with Crippen molar-refractivity contribution in [3.63, 3.8) is 0 Å². The molecular formula is C25H43N. The van der Waals surface area contributed by atoms with Gasteiger partial charge in [-0.05, 0) is 61.9 Å². The summed E-state index contributed by atoms with van der Waals surface area (Å²) in [7, 11) is 0. The van der Waals surface area contributed by atoms with E-state index < -0.39 is 0 Å². The Balaban J connectivity index is 0.000000758. The molecule has 0 atom stereocenters. The molecule has 1 aromatic carbocycles. The second-order valence-corrected chi connectivity index (χ2v) is 7.33. The molecule has 0 saturated carbocycles. The predicted octanol–water partition coefficient (Wildman–Crippen LogP) is 8.15. The fraction of sp³-hybridized carbons (Fsp3) is 0.600. The molecule has 0 unspecified atom stereocenters. The average molecular weight is 358 g/mol. The first-order valence-electron chi connectivity index (χ1n) is 10.6. The van der Waals surface area contributed by atoms with Crippen LogP contribution in [0, 0.1) is 6.92 Å². The Labute approximate surface area is 164 Å². The van der Waals surface area contributed by atoms with Gasteiger partial charge in [0.1, 0.15) is 0 Å². The summed E-state index contributed by atoms with van der Waals surface area (Å²) in [5.74, 6) is 0. The van der Waals surface area contributed by atoms with E-state index in [1.54, 1.807) is 0 Å². The highest BCUT2D eigenvalue weighted by molar-refractivity contribution is 5.74. The number of nitrogens with one attached hydrogen (secondary N) is 1. The summed E-state index contributed by atoms with van der Waals surface area (Å²) in [4.78, 5) is 0. The van der Waals surface area contributed by atoms with Gasteiger partial charge in [-0.2, -0.15) is 0 Å². The maximum Gasteiger partial charge on any atom is 0.0340 e. The third kappa shape index (κ3) is 9.27. The van der Waals surface area contributed by atoms with Gasteiger partial charge >= 0.3 is 0 Å². The molecule has 1 rings (SSSR count). The van der Waals surface area contributed by atoms with Gasteiger partial charge in [0.25, 0.3) is 0 Å². The molecule has 1 aromatic rings. The van der Waals surface area contributed by atoms with Crippen LogP contribution in [0.1, 0.15) is 103 Å². The molecule has 1 heteroatoms. The van der Waals surface area contributed by atoms with Crippen LogP contribution in [0.3, 0.4) is 0 Å². The molecule has 0 aliphatic heterocycles. The Morgan fingerprint density at radius 1 is 0.923 bits per heavy atom. The molecule has 0 spiro atoms. The van der Waals surface area contributed by atoms with Crippen molar-refractivity contribution in [1.82, 2.24) is 5.32 Å². The van der Waals surface area contributed by atoms with Crippen LogP contribution in [0.15, 0.2) is 30.4 Å². The van der Waals surface area contributed by atoms with E-state index in [1.165, 1.54) is 59.9 Å². The van der Waals surface area contributed by atoms with Gasteiger partial charge < -0.3 is 5.32 Å². The van der Waals surface area contributed by atoms with Crippen molar-refractivity contribution < 1.29 is 0 Å². The van der Waals surface area contributed by atoms with Gasteiger partial charge in [0.05, 0.1) is 0 Å². The first-order chi connectivity index (χ1) is 12.4. The van der Waals surface area contributed by atoms with E-state index in [1.807, 2.05) is 0 Å². The summed E-state index contributed by atoms with van der Waals surface area (Å²) in [6.07, 6.45) is 9.20. The Kier molecular flexibility index (Phi) is 13.8. The first-order valence-corrected chi connectivity index (χ1v) is 10.6. The van der Waals surface area contributed by atoms with Gasteiger partial charge in [-0.25, -0.2) is 0 Å². The lowest BCUT2D eigenvalue weighted by molar-refractivity contribution is 0.656. The van der Waals surface area contributed by atoms with Gasteiger partial charge in [-0.3, -0.25) is 0 Å². The minimum Gasteiger partial charge on any atom is -0.385 e. The lowest BCUT2D eigenvalue weighted by atomic mass is 9.93. The van der Waals surface area contributed by atoms with Crippen LogP contribution in [-0.4, -0.2) is 6.54 Å². The molecule has 0 aliphatic rings. The highest BCUT2D eigenvalue weighted by Crippen LogP contribution is 2.27. The zero-order valence-corrected chi connectivity index (χ0v) is 18.6. The quantitative estimate of drug-likeness (QED) is 0.416. The SMILES string of the molecule is C=C(NCCC)c1ccc(C)c(C(CC)=C(C)C)c1.CCCCCCC. The number of unbranched alkanes of at least 4 members (excludes halogenated alkanes) is 4. The molecule has 0 aliphatic carbocycles. The molecule has 0 aromatic heterocycles. The number of benzene rings is 1. The lowest BCUT2D eigenvalue weighted by Crippen LogP contribution is -2.12. The molecule has 0 heterocycles. The third-order valence-electron chi connectivity index (χ3n) is 4.66. The van der Waals surface area contributed by atoms with Crippen LogP contribution in [0.25, 0.3) is 11.3 Å². The van der Waals surface area contributed by atoms with Gasteiger partial charge in [0.15, 0.2) is 0 Å². The van der Waals surface area contributed by atoms with Crippen molar-refractivity contribution in [2.75, 3.05) is 6.54 Å². The molecular weight excluding hydrogens is 314 g/mol. The number of rotatable bonds is 10. The van der Waals surface area contributed by atoms with E-state index in [2.05, 4.69) is 78.6 Å². The zero-order chi connectivity index (χ0) is 19.9. The normalized spacial score (nSPS) is 9.96. The second kappa shape index (κ2) is 14.6. The van der Waals surface area contributed by atoms with Crippen molar-refractivity contribution in [2.45, 2.75) is 93.4 Å². The van der Waals surface area contributed by atoms with Gasteiger partial charge in [0, 0.05) is 12.2 Å². The molecule has 0 amide bonds. The summed E-state index contributed by atoms with van der Waals surface area (Å²) in [6.45, 7) is 20.6. The van der Waals surface area contributed by atoms with Crippen LogP contribution in [-0.2, 0) is 0 Å². The Morgan fingerprint density at radius 3 is 2.00 bits per heavy atom. The number of allylic oxidation sites excluding steroid dienone is 2. The largest absolute Gasteiger partial charge is 0.385 e. The summed E-state index contributed by atoms with van der Waals surface area (Å²) in [5, 5.41) is 3.37. The highest BCUT2D eigenvalue weighted by Gasteiger charge is 2.08. The van der Waals surface area contributed by atoms with Crippen LogP contribution >= 0.6 is 0 Å². The van der Waals surface area contributed by atoms with Crippen molar-refractivity contribution in [3.05, 3.63) is 47.0 Å². The van der Waals surface area contributed by atoms with E-state index >= 15 is 0 Å². The Bertz CT molecular complexity index is 543. The monoisotopic (exact) mass is 357 g/mol. The second-order valence-electron chi connectivity index (χ2n) is 7.33. The summed E-state index contributed by atoms with van der Waals surface area (Å²) in [5.41, 5.74) is 7.76. The fourth-order valence-corrected chi connectivity index (χ4v) is 3.00. The van der Waals surface area contributed by atoms with Crippen LogP contribution in [0.4, 0.5) is 0 Å². The topological polar surface area (TPSA) is 12.0 Å². The molecule has 0 radical (unpaired) electrons. The van der Waals surface area contributed by atoms with Crippen molar-refractivity contribution in [3.8, 4) is 0 Å². The van der Waals surface area contributed by atoms with Crippen LogP contribution in [0.2, 0.25) is 0 Å². The van der Waals surface area contributed by atoms with Crippen LogP contribution < -0.4 is 5.32 Å². The number of hydrogen-bond acceptors (Lipinski definition) is 1. The minimum absolute atomic E-state index is 0.978. The van der Waals surface area contributed by atoms with E-state index in [4.69, 9.17) is 0 Å². The molecule has 0 fully saturated rings. The summed E-state index contributed by atoms with van der Waals surface area (Å²) < 4.78 is 0. The van der Waals surface area contributed by atoms with E-state index in [0.29, 0.717) is 0 Å². The van der Waals surface area contributed by atoms with Crippen molar-refractivity contribution in [2.24, 2.45) is 0 Å². The molecule has 1 nitrogen and oxygen atoms in total. The van der Waals surface area contributed by atoms with E-state index in [-0.39, 0.29) is 0 Å². The molecule has 0 bridgehead atoms. The van der Waals surface area contributed by atoms with Gasteiger partial charge in [-0.15, -0.1) is 0 Å². The molecule has 1 N–H and O–H groups in total. The highest BCUT2D eigenvalue weighted by atomic mass is 14.9. The van der Waals surface area contributed by atoms with Crippen molar-refractivity contribution in [1.29, 1.82) is 0 Å². The number of hydrogen-bond donors (Lipinski definition) is 1. The molecule has 0 saturated heterocycles. The number of aryl methyl sites for hydroxylation is 1. The lowest BCUT2D eigenvalue weighted by Gasteiger charge is -2.15. The van der Waals surface area contributed by atoms with Gasteiger partial charge in [-0.1, -0.05) is 84.1 Å². The summed E-state index contributed by atoms with van der Waals surface area (Å²) in [6, 6.07) is 6.62. The van der Waals surface area contributed by atoms with Crippen molar-refractivity contribution >= 4 is 11.3 Å². The molecule has 26 heavy (non-hydrogen) atoms. The Hall–Kier alpha value is -1.50. The zero-order valence-electron chi connectivity index (χ0n) is 18.6. The smallest absolute Gasteiger partial charge is 0.0340 e. The standard InChI is InChI=1S/C18H27N.C7H16/c1-7-11-19-15(6)16-10-9-14(5)18(12-16)17(8-2)13(3)4;1-3-5-7-6-4-2/h9-10,12,19H,6-8,11H2,1-5H3;3-7H2,1-2H3. The fourth-order valence-electron chi connectivity index (χ4n) is 3.00. The Morgan fingerprint density at radius 2 is 1.54 bits per heavy atom. The van der Waals surface area contributed by atoms with E-state index in [9.17, 15) is 0 Å². The predicted molar refractivity (Wildman–Crippen MR) is 121 cm³/mol. The maximum absolute atomic E-state index is 4.14.